The van der Waals surface area contributed by atoms with Crippen LogP contribution >= 0.6 is 11.6 Å². The van der Waals surface area contributed by atoms with E-state index in [1.807, 2.05) is 18.2 Å². The van der Waals surface area contributed by atoms with Gasteiger partial charge in [0.25, 0.3) is 0 Å². The Morgan fingerprint density at radius 2 is 1.76 bits per heavy atom. The van der Waals surface area contributed by atoms with Gasteiger partial charge in [-0.05, 0) is 65.6 Å². The summed E-state index contributed by atoms with van der Waals surface area (Å²) in [6.45, 7) is 6.45. The number of nitrogens with one attached hydrogen (secondary N) is 1. The molecule has 4 atom stereocenters. The maximum Gasteiger partial charge on any atom is 0.341 e. The fraction of sp³-hybridized carbons (Fsp3) is 0.519. The normalized spacial score (nSPS) is 22.0. The molecular formula is C27H34ClF2NO3. The first-order valence-corrected chi connectivity index (χ1v) is 12.1. The fourth-order valence-corrected chi connectivity index (χ4v) is 5.02. The Bertz CT molecular complexity index is 931. The Morgan fingerprint density at radius 1 is 1.12 bits per heavy atom. The molecule has 1 aliphatic rings. The molecule has 1 saturated carbocycles. The third-order valence-corrected chi connectivity index (χ3v) is 7.24. The second-order valence-corrected chi connectivity index (χ2v) is 10.3. The molecule has 4 nitrogen and oxygen atoms in total. The zero-order valence-corrected chi connectivity index (χ0v) is 20.9. The molecular weight excluding hydrogens is 460 g/mol. The molecule has 0 aromatic heterocycles. The van der Waals surface area contributed by atoms with Crippen LogP contribution in [0.4, 0.5) is 14.5 Å². The number of rotatable bonds is 9. The van der Waals surface area contributed by atoms with E-state index in [-0.39, 0.29) is 17.4 Å². The lowest BCUT2D eigenvalue weighted by molar-refractivity contribution is -0.158. The standard InChI is InChI=1S/C27H34ClF2NO3/c1-18-10-15-22(26(2,3)19-8-6-5-7-9-19)23(16-18)34-25(32)17-24(27(28,29)30)31-20-11-13-21(33-4)14-12-20/h5-9,11-14,18,22-24,31H,10,15-17H2,1-4H3/t18-,22-,23-,24+/m1/s1. The van der Waals surface area contributed by atoms with Crippen molar-refractivity contribution in [2.75, 3.05) is 12.4 Å². The average Bonchev–Trinajstić information content (AvgIpc) is 2.79. The summed E-state index contributed by atoms with van der Waals surface area (Å²) >= 11 is 5.37. The summed E-state index contributed by atoms with van der Waals surface area (Å²) in [5, 5.41) is -0.961. The van der Waals surface area contributed by atoms with E-state index in [0.29, 0.717) is 23.8 Å². The van der Waals surface area contributed by atoms with Crippen molar-refractivity contribution in [2.24, 2.45) is 11.8 Å². The molecule has 0 heterocycles. The Labute approximate surface area is 206 Å². The summed E-state index contributed by atoms with van der Waals surface area (Å²) in [6.07, 6.45) is 1.75. The van der Waals surface area contributed by atoms with Crippen molar-refractivity contribution in [1.82, 2.24) is 0 Å². The number of hydrogen-bond acceptors (Lipinski definition) is 4. The van der Waals surface area contributed by atoms with Gasteiger partial charge >= 0.3 is 11.4 Å². The van der Waals surface area contributed by atoms with E-state index in [9.17, 15) is 13.6 Å². The van der Waals surface area contributed by atoms with E-state index in [1.54, 1.807) is 24.3 Å². The molecule has 0 bridgehead atoms. The van der Waals surface area contributed by atoms with Gasteiger partial charge in [-0.1, -0.05) is 57.5 Å². The van der Waals surface area contributed by atoms with Crippen LogP contribution < -0.4 is 10.1 Å². The van der Waals surface area contributed by atoms with Crippen molar-refractivity contribution in [3.8, 4) is 5.75 Å². The minimum atomic E-state index is -3.64. The highest BCUT2D eigenvalue weighted by Gasteiger charge is 2.44. The van der Waals surface area contributed by atoms with Crippen LogP contribution in [0.15, 0.2) is 54.6 Å². The summed E-state index contributed by atoms with van der Waals surface area (Å²) in [7, 11) is 1.52. The van der Waals surface area contributed by atoms with Crippen LogP contribution in [-0.2, 0) is 14.9 Å². The third-order valence-electron chi connectivity index (χ3n) is 6.98. The lowest BCUT2D eigenvalue weighted by Crippen LogP contribution is -2.44. The molecule has 0 aliphatic heterocycles. The zero-order valence-electron chi connectivity index (χ0n) is 20.2. The van der Waals surface area contributed by atoms with Gasteiger partial charge in [-0.3, -0.25) is 4.79 Å². The van der Waals surface area contributed by atoms with Gasteiger partial charge in [-0.15, -0.1) is 0 Å². The molecule has 3 rings (SSSR count). The van der Waals surface area contributed by atoms with Gasteiger partial charge in [-0.25, -0.2) is 0 Å². The topological polar surface area (TPSA) is 47.6 Å². The number of ether oxygens (including phenoxy) is 2. The third kappa shape index (κ3) is 6.62. The molecule has 0 saturated heterocycles. The predicted molar refractivity (Wildman–Crippen MR) is 132 cm³/mol. The Kier molecular flexibility index (Phi) is 8.45. The molecule has 7 heteroatoms. The summed E-state index contributed by atoms with van der Waals surface area (Å²) in [4.78, 5) is 12.9. The van der Waals surface area contributed by atoms with E-state index in [2.05, 4.69) is 38.2 Å². The second-order valence-electron chi connectivity index (χ2n) is 9.81. The van der Waals surface area contributed by atoms with Gasteiger partial charge < -0.3 is 14.8 Å². The first kappa shape index (κ1) is 26.3. The lowest BCUT2D eigenvalue weighted by atomic mass is 9.64. The minimum absolute atomic E-state index is 0.0829. The average molecular weight is 494 g/mol. The van der Waals surface area contributed by atoms with Gasteiger partial charge in [0, 0.05) is 11.6 Å². The number of esters is 1. The molecule has 34 heavy (non-hydrogen) atoms. The van der Waals surface area contributed by atoms with Gasteiger partial charge in [0.05, 0.1) is 13.5 Å². The van der Waals surface area contributed by atoms with Crippen molar-refractivity contribution in [2.45, 2.75) is 69.4 Å². The molecule has 0 spiro atoms. The summed E-state index contributed by atoms with van der Waals surface area (Å²) in [6, 6.07) is 15.0. The fourth-order valence-electron chi connectivity index (χ4n) is 4.89. The summed E-state index contributed by atoms with van der Waals surface area (Å²) in [5.41, 5.74) is 1.35. The smallest absolute Gasteiger partial charge is 0.341 e. The molecule has 0 amide bonds. The monoisotopic (exact) mass is 493 g/mol. The number of anilines is 1. The maximum atomic E-state index is 14.2. The van der Waals surface area contributed by atoms with Crippen molar-refractivity contribution >= 4 is 23.3 Å². The molecule has 1 N–H and O–H groups in total. The molecule has 0 unspecified atom stereocenters. The first-order chi connectivity index (χ1) is 16.0. The summed E-state index contributed by atoms with van der Waals surface area (Å²) < 4.78 is 39.3. The number of carbonyl (C=O) groups is 1. The van der Waals surface area contributed by atoms with Crippen LogP contribution in [0.5, 0.6) is 5.75 Å². The van der Waals surface area contributed by atoms with E-state index in [0.717, 1.165) is 12.8 Å². The summed E-state index contributed by atoms with van der Waals surface area (Å²) in [5.74, 6) is 0.389. The number of hydrogen-bond donors (Lipinski definition) is 1. The molecule has 2 aromatic rings. The quantitative estimate of drug-likeness (QED) is 0.301. The Balaban J connectivity index is 1.73. The van der Waals surface area contributed by atoms with Gasteiger partial charge in [0.15, 0.2) is 0 Å². The highest BCUT2D eigenvalue weighted by atomic mass is 35.5. The van der Waals surface area contributed by atoms with E-state index in [4.69, 9.17) is 21.1 Å². The van der Waals surface area contributed by atoms with E-state index in [1.165, 1.54) is 12.7 Å². The predicted octanol–water partition coefficient (Wildman–Crippen LogP) is 7.02. The van der Waals surface area contributed by atoms with Crippen molar-refractivity contribution in [3.63, 3.8) is 0 Å². The van der Waals surface area contributed by atoms with Gasteiger partial charge in [-0.2, -0.15) is 8.78 Å². The largest absolute Gasteiger partial charge is 0.497 e. The van der Waals surface area contributed by atoms with Crippen LogP contribution in [0.1, 0.15) is 52.0 Å². The van der Waals surface area contributed by atoms with Crippen molar-refractivity contribution in [1.29, 1.82) is 0 Å². The number of benzene rings is 2. The number of methoxy groups -OCH3 is 1. The van der Waals surface area contributed by atoms with Crippen molar-refractivity contribution < 1.29 is 23.0 Å². The first-order valence-electron chi connectivity index (χ1n) is 11.7. The Hall–Kier alpha value is -2.34. The highest BCUT2D eigenvalue weighted by Crippen LogP contribution is 2.44. The second kappa shape index (κ2) is 10.9. The molecule has 186 valence electrons. The molecule has 2 aromatic carbocycles. The minimum Gasteiger partial charge on any atom is -0.497 e. The van der Waals surface area contributed by atoms with Crippen LogP contribution in [0.3, 0.4) is 0 Å². The maximum absolute atomic E-state index is 14.2. The highest BCUT2D eigenvalue weighted by molar-refractivity contribution is 6.22. The lowest BCUT2D eigenvalue weighted by Gasteiger charge is -2.44. The van der Waals surface area contributed by atoms with Crippen LogP contribution in [0.2, 0.25) is 0 Å². The van der Waals surface area contributed by atoms with Gasteiger partial charge in [0.1, 0.15) is 17.9 Å². The zero-order chi connectivity index (χ0) is 24.9. The number of carbonyl (C=O) groups excluding carboxylic acids is 1. The molecule has 0 radical (unpaired) electrons. The number of halogens is 3. The Morgan fingerprint density at radius 3 is 2.35 bits per heavy atom. The molecule has 1 aliphatic carbocycles. The van der Waals surface area contributed by atoms with Crippen LogP contribution in [0, 0.1) is 11.8 Å². The van der Waals surface area contributed by atoms with E-state index >= 15 is 0 Å². The van der Waals surface area contributed by atoms with Crippen LogP contribution in [-0.4, -0.2) is 30.6 Å². The SMILES string of the molecule is COc1ccc(N[C@@H](CC(=O)O[C@@H]2C[C@H](C)CC[C@H]2C(C)(C)c2ccccc2)C(F)(F)Cl)cc1. The molecule has 1 fully saturated rings. The van der Waals surface area contributed by atoms with Gasteiger partial charge in [0.2, 0.25) is 0 Å². The van der Waals surface area contributed by atoms with E-state index < -0.39 is 23.8 Å². The number of alkyl halides is 3. The van der Waals surface area contributed by atoms with Crippen LogP contribution in [0.25, 0.3) is 0 Å². The van der Waals surface area contributed by atoms with Crippen molar-refractivity contribution in [3.05, 3.63) is 60.2 Å².